The van der Waals surface area contributed by atoms with Gasteiger partial charge in [-0.25, -0.2) is 0 Å². The van der Waals surface area contributed by atoms with Gasteiger partial charge in [0.05, 0.1) is 5.57 Å². The summed E-state index contributed by atoms with van der Waals surface area (Å²) in [5.41, 5.74) is 2.23. The molecule has 1 aromatic heterocycles. The van der Waals surface area contributed by atoms with Crippen molar-refractivity contribution in [2.75, 3.05) is 4.90 Å². The minimum atomic E-state index is -0.698. The number of hydrogen-bond donors (Lipinski definition) is 1. The maximum atomic E-state index is 13.1. The lowest BCUT2D eigenvalue weighted by atomic mass is 9.83. The summed E-state index contributed by atoms with van der Waals surface area (Å²) in [5, 5.41) is 12.6. The average molecular weight is 369 g/mol. The molecule has 0 saturated carbocycles. The number of nitrogens with zero attached hydrogens (tertiary/aromatic N) is 1. The van der Waals surface area contributed by atoms with Crippen LogP contribution in [0.5, 0.6) is 0 Å². The van der Waals surface area contributed by atoms with E-state index >= 15 is 0 Å². The molecule has 1 N–H and O–H groups in total. The van der Waals surface area contributed by atoms with Crippen LogP contribution in [0.4, 0.5) is 5.69 Å². The van der Waals surface area contributed by atoms with Crippen LogP contribution in [0.2, 0.25) is 0 Å². The van der Waals surface area contributed by atoms with E-state index in [9.17, 15) is 14.7 Å². The molecule has 136 valence electrons. The Hall–Kier alpha value is -2.40. The Morgan fingerprint density at radius 2 is 1.73 bits per heavy atom. The molecule has 0 aliphatic carbocycles. The number of aliphatic hydroxyl groups is 1. The van der Waals surface area contributed by atoms with Gasteiger partial charge in [0.15, 0.2) is 11.5 Å². The van der Waals surface area contributed by atoms with E-state index in [4.69, 9.17) is 0 Å². The third-order valence-corrected chi connectivity index (χ3v) is 5.67. The topological polar surface area (TPSA) is 57.6 Å². The number of aryl methyl sites for hydroxylation is 2. The van der Waals surface area contributed by atoms with Gasteiger partial charge < -0.3 is 5.11 Å². The van der Waals surface area contributed by atoms with Gasteiger partial charge >= 0.3 is 0 Å². The Balaban J connectivity index is 2.20. The number of aliphatic hydroxyl groups excluding tert-OH is 1. The van der Waals surface area contributed by atoms with E-state index in [0.717, 1.165) is 16.0 Å². The molecule has 26 heavy (non-hydrogen) atoms. The van der Waals surface area contributed by atoms with E-state index < -0.39 is 23.1 Å². The average Bonchev–Trinajstić information content (AvgIpc) is 3.09. The number of thiophene rings is 1. The zero-order valence-electron chi connectivity index (χ0n) is 15.7. The molecule has 4 nitrogen and oxygen atoms in total. The molecule has 1 amide bonds. The van der Waals surface area contributed by atoms with E-state index in [1.54, 1.807) is 20.8 Å². The lowest BCUT2D eigenvalue weighted by Crippen LogP contribution is -2.32. The van der Waals surface area contributed by atoms with Crippen LogP contribution >= 0.6 is 11.3 Å². The van der Waals surface area contributed by atoms with Gasteiger partial charge in [-0.2, -0.15) is 0 Å². The van der Waals surface area contributed by atoms with Crippen LogP contribution in [0, 0.1) is 19.3 Å². The molecule has 1 aromatic carbocycles. The standard InChI is InChI=1S/C21H23NO3S/c1-12-6-8-14(9-7-12)22-16(18-13(2)10-11-26-18)15(17(23)20(22)25)19(24)21(3,4)5/h6-11,16,23H,1-5H3. The molecule has 2 aromatic rings. The number of rotatable bonds is 3. The minimum absolute atomic E-state index is 0.189. The summed E-state index contributed by atoms with van der Waals surface area (Å²) in [4.78, 5) is 28.4. The SMILES string of the molecule is Cc1ccc(N2C(=O)C(O)=C(C(=O)C(C)(C)C)C2c2sccc2C)cc1. The number of hydrogen-bond acceptors (Lipinski definition) is 4. The number of carbonyl (C=O) groups is 2. The minimum Gasteiger partial charge on any atom is -0.503 e. The van der Waals surface area contributed by atoms with Crippen LogP contribution < -0.4 is 4.90 Å². The van der Waals surface area contributed by atoms with Crippen molar-refractivity contribution in [2.45, 2.75) is 40.7 Å². The first-order valence-corrected chi connectivity index (χ1v) is 9.43. The highest BCUT2D eigenvalue weighted by Crippen LogP contribution is 2.45. The predicted octanol–water partition coefficient (Wildman–Crippen LogP) is 4.88. The Morgan fingerprint density at radius 3 is 2.23 bits per heavy atom. The normalized spacial score (nSPS) is 18.0. The summed E-state index contributed by atoms with van der Waals surface area (Å²) in [5.74, 6) is -1.18. The molecule has 1 aliphatic rings. The first kappa shape index (κ1) is 18.4. The molecule has 3 rings (SSSR count). The van der Waals surface area contributed by atoms with Gasteiger partial charge in [-0.1, -0.05) is 38.5 Å². The van der Waals surface area contributed by atoms with Crippen LogP contribution in [-0.4, -0.2) is 16.8 Å². The molecule has 5 heteroatoms. The van der Waals surface area contributed by atoms with Crippen LogP contribution in [-0.2, 0) is 9.59 Å². The second-order valence-corrected chi connectivity index (χ2v) is 8.67. The first-order valence-electron chi connectivity index (χ1n) is 8.55. The van der Waals surface area contributed by atoms with Gasteiger partial charge in [-0.15, -0.1) is 11.3 Å². The fourth-order valence-electron chi connectivity index (χ4n) is 3.13. The van der Waals surface area contributed by atoms with E-state index in [1.807, 2.05) is 49.6 Å². The van der Waals surface area contributed by atoms with E-state index in [2.05, 4.69) is 0 Å². The quantitative estimate of drug-likeness (QED) is 0.839. The fraction of sp³-hybridized carbons (Fsp3) is 0.333. The highest BCUT2D eigenvalue weighted by atomic mass is 32.1. The van der Waals surface area contributed by atoms with Crippen molar-refractivity contribution in [1.82, 2.24) is 0 Å². The third kappa shape index (κ3) is 2.97. The monoisotopic (exact) mass is 369 g/mol. The molecule has 1 atom stereocenters. The number of ketones is 1. The number of carbonyl (C=O) groups excluding carboxylic acids is 2. The second kappa shape index (κ2) is 6.40. The van der Waals surface area contributed by atoms with Crippen molar-refractivity contribution < 1.29 is 14.7 Å². The molecule has 0 fully saturated rings. The third-order valence-electron chi connectivity index (χ3n) is 4.60. The van der Waals surface area contributed by atoms with Gasteiger partial charge in [0, 0.05) is 16.0 Å². The number of Topliss-reactive ketones (excluding diaryl/α,β-unsaturated/α-hetero) is 1. The van der Waals surface area contributed by atoms with E-state index in [0.29, 0.717) is 5.69 Å². The molecule has 1 aliphatic heterocycles. The van der Waals surface area contributed by atoms with Crippen molar-refractivity contribution in [2.24, 2.45) is 5.41 Å². The zero-order valence-corrected chi connectivity index (χ0v) is 16.5. The fourth-order valence-corrected chi connectivity index (χ4v) is 4.15. The molecule has 2 heterocycles. The van der Waals surface area contributed by atoms with Gasteiger partial charge in [0.25, 0.3) is 5.91 Å². The lowest BCUT2D eigenvalue weighted by Gasteiger charge is -2.28. The summed E-state index contributed by atoms with van der Waals surface area (Å²) < 4.78 is 0. The van der Waals surface area contributed by atoms with Crippen molar-refractivity contribution in [3.05, 3.63) is 63.0 Å². The van der Waals surface area contributed by atoms with Crippen molar-refractivity contribution >= 4 is 28.7 Å². The zero-order chi connectivity index (χ0) is 19.2. The Morgan fingerprint density at radius 1 is 1.12 bits per heavy atom. The van der Waals surface area contributed by atoms with Crippen molar-refractivity contribution in [3.63, 3.8) is 0 Å². The molecule has 0 saturated heterocycles. The first-order chi connectivity index (χ1) is 12.1. The summed E-state index contributed by atoms with van der Waals surface area (Å²) in [6.07, 6.45) is 0. The maximum Gasteiger partial charge on any atom is 0.294 e. The Labute approximate surface area is 157 Å². The van der Waals surface area contributed by atoms with Gasteiger partial charge in [0.2, 0.25) is 0 Å². The Bertz CT molecular complexity index is 900. The second-order valence-electron chi connectivity index (χ2n) is 7.72. The van der Waals surface area contributed by atoms with Crippen LogP contribution in [0.3, 0.4) is 0 Å². The molecule has 0 radical (unpaired) electrons. The van der Waals surface area contributed by atoms with Crippen LogP contribution in [0.25, 0.3) is 0 Å². The smallest absolute Gasteiger partial charge is 0.294 e. The highest BCUT2D eigenvalue weighted by Gasteiger charge is 2.47. The predicted molar refractivity (Wildman–Crippen MR) is 105 cm³/mol. The summed E-state index contributed by atoms with van der Waals surface area (Å²) in [7, 11) is 0. The summed E-state index contributed by atoms with van der Waals surface area (Å²) in [6.45, 7) is 9.33. The van der Waals surface area contributed by atoms with Gasteiger partial charge in [-0.05, 0) is 43.0 Å². The number of amides is 1. The molecule has 1 unspecified atom stereocenters. The van der Waals surface area contributed by atoms with Gasteiger partial charge in [-0.3, -0.25) is 14.5 Å². The van der Waals surface area contributed by atoms with Crippen LogP contribution in [0.1, 0.15) is 42.8 Å². The Kier molecular flexibility index (Phi) is 4.53. The van der Waals surface area contributed by atoms with E-state index in [1.165, 1.54) is 16.2 Å². The summed E-state index contributed by atoms with van der Waals surface area (Å²) in [6, 6.07) is 8.90. The van der Waals surface area contributed by atoms with Crippen LogP contribution in [0.15, 0.2) is 47.0 Å². The number of anilines is 1. The van der Waals surface area contributed by atoms with E-state index in [-0.39, 0.29) is 11.4 Å². The van der Waals surface area contributed by atoms with Crippen molar-refractivity contribution in [3.8, 4) is 0 Å². The van der Waals surface area contributed by atoms with Crippen molar-refractivity contribution in [1.29, 1.82) is 0 Å². The molecular formula is C21H23NO3S. The molecule has 0 spiro atoms. The molecular weight excluding hydrogens is 346 g/mol. The maximum absolute atomic E-state index is 13.1. The lowest BCUT2D eigenvalue weighted by molar-refractivity contribution is -0.123. The highest BCUT2D eigenvalue weighted by molar-refractivity contribution is 7.10. The van der Waals surface area contributed by atoms with Gasteiger partial charge in [0.1, 0.15) is 6.04 Å². The molecule has 0 bridgehead atoms. The largest absolute Gasteiger partial charge is 0.503 e. The number of benzene rings is 1. The summed E-state index contributed by atoms with van der Waals surface area (Å²) >= 11 is 1.49.